The Labute approximate surface area is 79.2 Å². The molecule has 2 heteroatoms. The molecule has 0 aliphatic heterocycles. The van der Waals surface area contributed by atoms with Gasteiger partial charge >= 0.3 is 0 Å². The van der Waals surface area contributed by atoms with Crippen LogP contribution in [0.2, 0.25) is 0 Å². The number of aliphatic hydroxyl groups is 1. The van der Waals surface area contributed by atoms with E-state index in [4.69, 9.17) is 5.11 Å². The third-order valence-corrected chi connectivity index (χ3v) is 2.01. The van der Waals surface area contributed by atoms with Crippen LogP contribution in [0.25, 0.3) is 0 Å². The van der Waals surface area contributed by atoms with Crippen LogP contribution in [0.15, 0.2) is 24.3 Å². The average molecular weight is 184 g/mol. The predicted octanol–water partition coefficient (Wildman–Crippen LogP) is 2.37. The highest BCUT2D eigenvalue weighted by molar-refractivity contribution is 5.30. The number of hydrogen-bond acceptors (Lipinski definition) is 1. The lowest BCUT2D eigenvalue weighted by Gasteiger charge is -1.93. The molecule has 1 nitrogen and oxygen atoms in total. The largest absolute Gasteiger partial charge is 0.400 e. The third kappa shape index (κ3) is 3.55. The first-order valence-electron chi connectivity index (χ1n) is 4.36. The minimum absolute atomic E-state index is 0.500. The van der Waals surface area contributed by atoms with Gasteiger partial charge in [0.05, 0.1) is 7.18 Å². The van der Waals surface area contributed by atoms with E-state index < -0.39 is 0 Å². The summed E-state index contributed by atoms with van der Waals surface area (Å²) >= 11 is 0. The maximum absolute atomic E-state index is 9.50. The monoisotopic (exact) mass is 184 g/mol. The molecule has 0 bridgehead atoms. The molecule has 0 aromatic heterocycles. The van der Waals surface area contributed by atoms with Gasteiger partial charge < -0.3 is 5.11 Å². The first-order valence-corrected chi connectivity index (χ1v) is 4.36. The van der Waals surface area contributed by atoms with Crippen molar-refractivity contribution >= 4 is 0 Å². The van der Waals surface area contributed by atoms with Gasteiger partial charge in [0, 0.05) is 7.11 Å². The van der Waals surface area contributed by atoms with E-state index in [-0.39, 0.29) is 0 Å². The van der Waals surface area contributed by atoms with Crippen molar-refractivity contribution in [2.45, 2.75) is 19.3 Å². The molecule has 1 aliphatic rings. The number of aryl methyl sites for hydroxylation is 2. The molecule has 0 amide bonds. The van der Waals surface area contributed by atoms with Crippen LogP contribution in [0.3, 0.4) is 0 Å². The Morgan fingerprint density at radius 1 is 1.00 bits per heavy atom. The van der Waals surface area contributed by atoms with Crippen molar-refractivity contribution in [3.8, 4) is 0 Å². The molecule has 1 aliphatic carbocycles. The number of aliphatic hydroxyl groups excluding tert-OH is 1. The molecular formula is C11H17FO. The molecule has 0 fully saturated rings. The van der Waals surface area contributed by atoms with E-state index in [0.717, 1.165) is 7.11 Å². The summed E-state index contributed by atoms with van der Waals surface area (Å²) in [5.74, 6) is 0. The fraction of sp³-hybridized carbons (Fsp3) is 0.455. The van der Waals surface area contributed by atoms with E-state index in [1.165, 1.54) is 19.3 Å². The Hall–Kier alpha value is -0.890. The van der Waals surface area contributed by atoms with E-state index in [1.54, 1.807) is 11.1 Å². The lowest BCUT2D eigenvalue weighted by molar-refractivity contribution is 0.399. The highest BCUT2D eigenvalue weighted by Crippen LogP contribution is 2.20. The standard InChI is InChI=1S/C9H10.CH3F.CH4O/c1-2-5-9-7-3-6-8(9)4-1;2*1-2/h1-2,4-5H,3,6-7H2;1H3;2H,1H3. The SMILES string of the molecule is CF.CO.c1ccc2c(c1)CCC2. The Balaban J connectivity index is 0.000000322. The number of hydrogen-bond donors (Lipinski definition) is 1. The van der Waals surface area contributed by atoms with Crippen LogP contribution < -0.4 is 0 Å². The third-order valence-electron chi connectivity index (χ3n) is 2.01. The maximum Gasteiger partial charge on any atom is 0.0785 e. The van der Waals surface area contributed by atoms with Crippen molar-refractivity contribution in [3.63, 3.8) is 0 Å². The highest BCUT2D eigenvalue weighted by Gasteiger charge is 2.07. The van der Waals surface area contributed by atoms with E-state index >= 15 is 0 Å². The Morgan fingerprint density at radius 2 is 1.38 bits per heavy atom. The molecule has 0 unspecified atom stereocenters. The summed E-state index contributed by atoms with van der Waals surface area (Å²) < 4.78 is 9.50. The van der Waals surface area contributed by atoms with E-state index in [2.05, 4.69) is 24.3 Å². The minimum atomic E-state index is 0.500. The maximum atomic E-state index is 9.50. The summed E-state index contributed by atoms with van der Waals surface area (Å²) in [4.78, 5) is 0. The molecule has 74 valence electrons. The predicted molar refractivity (Wildman–Crippen MR) is 53.6 cm³/mol. The lowest BCUT2D eigenvalue weighted by atomic mass is 10.1. The number of rotatable bonds is 0. The molecule has 2 rings (SSSR count). The molecule has 0 saturated carbocycles. The van der Waals surface area contributed by atoms with Crippen LogP contribution in [0.1, 0.15) is 17.5 Å². The van der Waals surface area contributed by atoms with Gasteiger partial charge in [0.1, 0.15) is 0 Å². The molecule has 13 heavy (non-hydrogen) atoms. The van der Waals surface area contributed by atoms with Crippen molar-refractivity contribution in [1.29, 1.82) is 0 Å². The average Bonchev–Trinajstić information content (AvgIpc) is 2.71. The van der Waals surface area contributed by atoms with Crippen LogP contribution in [-0.4, -0.2) is 19.4 Å². The summed E-state index contributed by atoms with van der Waals surface area (Å²) in [6.07, 6.45) is 3.96. The van der Waals surface area contributed by atoms with Gasteiger partial charge in [-0.15, -0.1) is 0 Å². The van der Waals surface area contributed by atoms with Gasteiger partial charge in [0.2, 0.25) is 0 Å². The van der Waals surface area contributed by atoms with Crippen LogP contribution >= 0.6 is 0 Å². The van der Waals surface area contributed by atoms with Crippen molar-refractivity contribution in [1.82, 2.24) is 0 Å². The van der Waals surface area contributed by atoms with E-state index in [1.807, 2.05) is 0 Å². The summed E-state index contributed by atoms with van der Waals surface area (Å²) in [7, 11) is 1.50. The van der Waals surface area contributed by atoms with Crippen LogP contribution in [0, 0.1) is 0 Å². The van der Waals surface area contributed by atoms with Gasteiger partial charge in [-0.25, -0.2) is 0 Å². The normalized spacial score (nSPS) is 11.7. The fourth-order valence-corrected chi connectivity index (χ4v) is 1.51. The number of alkyl halides is 1. The summed E-state index contributed by atoms with van der Waals surface area (Å²) in [6.45, 7) is 0. The van der Waals surface area contributed by atoms with Gasteiger partial charge in [0.25, 0.3) is 0 Å². The number of halogens is 1. The quantitative estimate of drug-likeness (QED) is 0.656. The van der Waals surface area contributed by atoms with Gasteiger partial charge in [-0.05, 0) is 30.4 Å². The zero-order chi connectivity index (χ0) is 10.1. The molecule has 1 aromatic rings. The highest BCUT2D eigenvalue weighted by atomic mass is 19.1. The topological polar surface area (TPSA) is 20.2 Å². The van der Waals surface area contributed by atoms with Crippen molar-refractivity contribution in [2.24, 2.45) is 0 Å². The van der Waals surface area contributed by atoms with Crippen LogP contribution in [0.5, 0.6) is 0 Å². The zero-order valence-electron chi connectivity index (χ0n) is 8.26. The molecule has 0 saturated heterocycles. The van der Waals surface area contributed by atoms with Gasteiger partial charge in [-0.2, -0.15) is 0 Å². The van der Waals surface area contributed by atoms with E-state index in [9.17, 15) is 4.39 Å². The molecule has 0 heterocycles. The summed E-state index contributed by atoms with van der Waals surface area (Å²) in [5.41, 5.74) is 3.13. The smallest absolute Gasteiger partial charge is 0.0785 e. The van der Waals surface area contributed by atoms with Crippen molar-refractivity contribution < 1.29 is 9.50 Å². The number of fused-ring (bicyclic) bond motifs is 1. The number of benzene rings is 1. The van der Waals surface area contributed by atoms with Crippen LogP contribution in [-0.2, 0) is 12.8 Å². The van der Waals surface area contributed by atoms with E-state index in [0.29, 0.717) is 7.18 Å². The van der Waals surface area contributed by atoms with Gasteiger partial charge in [0.15, 0.2) is 0 Å². The van der Waals surface area contributed by atoms with Gasteiger partial charge in [-0.3, -0.25) is 4.39 Å². The first kappa shape index (κ1) is 12.1. The molecule has 0 spiro atoms. The second kappa shape index (κ2) is 7.74. The lowest BCUT2D eigenvalue weighted by Crippen LogP contribution is -1.77. The Bertz CT molecular complexity index is 200. The second-order valence-corrected chi connectivity index (χ2v) is 2.62. The molecule has 1 aromatic carbocycles. The zero-order valence-corrected chi connectivity index (χ0v) is 8.26. The molecule has 0 radical (unpaired) electrons. The Morgan fingerprint density at radius 3 is 1.77 bits per heavy atom. The van der Waals surface area contributed by atoms with Gasteiger partial charge in [-0.1, -0.05) is 24.3 Å². The molecule has 1 N–H and O–H groups in total. The summed E-state index contributed by atoms with van der Waals surface area (Å²) in [5, 5.41) is 7.00. The first-order chi connectivity index (χ1) is 6.47. The fourth-order valence-electron chi connectivity index (χ4n) is 1.51. The minimum Gasteiger partial charge on any atom is -0.400 e. The molecular weight excluding hydrogens is 167 g/mol. The van der Waals surface area contributed by atoms with Crippen molar-refractivity contribution in [3.05, 3.63) is 35.4 Å². The molecule has 0 atom stereocenters. The van der Waals surface area contributed by atoms with Crippen LogP contribution in [0.4, 0.5) is 4.39 Å². The second-order valence-electron chi connectivity index (χ2n) is 2.62. The Kier molecular flexibility index (Phi) is 7.21. The summed E-state index contributed by atoms with van der Waals surface area (Å²) in [6, 6.07) is 8.74. The van der Waals surface area contributed by atoms with Crippen molar-refractivity contribution in [2.75, 3.05) is 14.3 Å².